The summed E-state index contributed by atoms with van der Waals surface area (Å²) in [6.45, 7) is 3.10. The van der Waals surface area contributed by atoms with Crippen molar-refractivity contribution < 1.29 is 18.0 Å². The lowest BCUT2D eigenvalue weighted by Gasteiger charge is -2.44. The molecule has 0 aliphatic carbocycles. The number of hydrogen-bond donors (Lipinski definition) is 1. The molecular formula is C15H17F3N4OS. The Bertz CT molecular complexity index is 612. The van der Waals surface area contributed by atoms with Gasteiger partial charge in [-0.15, -0.1) is 0 Å². The number of nitrogens with one attached hydrogen (secondary N) is 1. The fraction of sp³-hybridized carbons (Fsp3) is 0.533. The number of carbonyl (C=O) groups is 1. The van der Waals surface area contributed by atoms with Crippen LogP contribution in [0.5, 0.6) is 0 Å². The molecule has 3 fully saturated rings. The zero-order valence-electron chi connectivity index (χ0n) is 12.8. The molecule has 1 aromatic rings. The van der Waals surface area contributed by atoms with Crippen LogP contribution in [0.25, 0.3) is 0 Å². The maximum absolute atomic E-state index is 12.4. The number of carbonyl (C=O) groups excluding carboxylic acids is 1. The van der Waals surface area contributed by atoms with Gasteiger partial charge in [-0.05, 0) is 37.3 Å². The van der Waals surface area contributed by atoms with Gasteiger partial charge >= 0.3 is 6.18 Å². The fourth-order valence-electron chi connectivity index (χ4n) is 3.04. The van der Waals surface area contributed by atoms with Gasteiger partial charge in [0.2, 0.25) is 5.91 Å². The van der Waals surface area contributed by atoms with Crippen molar-refractivity contribution in [1.82, 2.24) is 20.2 Å². The third-order valence-corrected chi connectivity index (χ3v) is 5.03. The Hall–Kier alpha value is -1.61. The lowest BCUT2D eigenvalue weighted by atomic mass is 9.84. The summed E-state index contributed by atoms with van der Waals surface area (Å²) in [5.74, 6) is 0.339. The highest BCUT2D eigenvalue weighted by molar-refractivity contribution is 8.02. The Balaban J connectivity index is 1.48. The van der Waals surface area contributed by atoms with Gasteiger partial charge in [0.15, 0.2) is 5.16 Å². The van der Waals surface area contributed by atoms with E-state index in [9.17, 15) is 18.0 Å². The molecule has 3 aliphatic rings. The van der Waals surface area contributed by atoms with Gasteiger partial charge in [-0.25, -0.2) is 9.97 Å². The quantitative estimate of drug-likeness (QED) is 0.509. The smallest absolute Gasteiger partial charge is 0.348 e. The van der Waals surface area contributed by atoms with Crippen molar-refractivity contribution in [2.24, 2.45) is 5.92 Å². The van der Waals surface area contributed by atoms with E-state index >= 15 is 0 Å². The Morgan fingerprint density at radius 3 is 2.50 bits per heavy atom. The Morgan fingerprint density at radius 1 is 1.29 bits per heavy atom. The first-order valence-corrected chi connectivity index (χ1v) is 8.55. The third-order valence-electron chi connectivity index (χ3n) is 4.33. The minimum atomic E-state index is -4.45. The Labute approximate surface area is 141 Å². The van der Waals surface area contributed by atoms with E-state index < -0.39 is 11.7 Å². The van der Waals surface area contributed by atoms with Crippen LogP contribution in [-0.2, 0) is 11.0 Å². The van der Waals surface area contributed by atoms with Crippen LogP contribution in [-0.4, -0.2) is 46.5 Å². The van der Waals surface area contributed by atoms with E-state index in [1.807, 2.05) is 0 Å². The predicted octanol–water partition coefficient (Wildman–Crippen LogP) is 2.31. The standard InChI is InChI=1S/C15H17F3N4OS/c16-15(17,18)11-7-19-14(20-8-11)24-6-3-13(23)21-12-9-22-4-1-10(12)2-5-22/h3,6-8,10,12H,1-2,4-5,9H2,(H,21,23)/b6-3-. The van der Waals surface area contributed by atoms with E-state index in [1.54, 1.807) is 0 Å². The molecule has 1 aromatic heterocycles. The number of hydrogen-bond acceptors (Lipinski definition) is 5. The molecule has 3 saturated heterocycles. The summed E-state index contributed by atoms with van der Waals surface area (Å²) in [6.07, 6.45) is 0.607. The second-order valence-corrected chi connectivity index (χ2v) is 6.80. The van der Waals surface area contributed by atoms with Crippen molar-refractivity contribution in [3.63, 3.8) is 0 Å². The van der Waals surface area contributed by atoms with Crippen molar-refractivity contribution >= 4 is 17.7 Å². The van der Waals surface area contributed by atoms with Crippen molar-refractivity contribution in [3.05, 3.63) is 29.4 Å². The highest BCUT2D eigenvalue weighted by Gasteiger charge is 2.34. The number of rotatable bonds is 4. The van der Waals surface area contributed by atoms with E-state index in [2.05, 4.69) is 20.2 Å². The van der Waals surface area contributed by atoms with Crippen LogP contribution >= 0.6 is 11.8 Å². The van der Waals surface area contributed by atoms with Crippen LogP contribution in [0.2, 0.25) is 0 Å². The molecule has 5 nitrogen and oxygen atoms in total. The van der Waals surface area contributed by atoms with E-state index in [4.69, 9.17) is 0 Å². The fourth-order valence-corrected chi connectivity index (χ4v) is 3.58. The summed E-state index contributed by atoms with van der Waals surface area (Å²) >= 11 is 1.00. The van der Waals surface area contributed by atoms with Gasteiger partial charge in [0, 0.05) is 31.1 Å². The minimum Gasteiger partial charge on any atom is -0.348 e. The average Bonchev–Trinajstić information content (AvgIpc) is 2.55. The number of alkyl halides is 3. The predicted molar refractivity (Wildman–Crippen MR) is 83.1 cm³/mol. The zero-order valence-corrected chi connectivity index (χ0v) is 13.6. The van der Waals surface area contributed by atoms with Crippen LogP contribution in [0, 0.1) is 5.92 Å². The first-order valence-electron chi connectivity index (χ1n) is 7.67. The third kappa shape index (κ3) is 4.27. The van der Waals surface area contributed by atoms with Crippen LogP contribution < -0.4 is 5.32 Å². The monoisotopic (exact) mass is 358 g/mol. The average molecular weight is 358 g/mol. The first kappa shape index (κ1) is 17.2. The van der Waals surface area contributed by atoms with E-state index in [-0.39, 0.29) is 17.1 Å². The number of thioether (sulfide) groups is 1. The number of fused-ring (bicyclic) bond motifs is 3. The molecule has 0 aromatic carbocycles. The summed E-state index contributed by atoms with van der Waals surface area (Å²) in [5, 5.41) is 4.64. The highest BCUT2D eigenvalue weighted by atomic mass is 32.2. The molecule has 24 heavy (non-hydrogen) atoms. The largest absolute Gasteiger partial charge is 0.419 e. The molecule has 3 aliphatic heterocycles. The number of halogens is 3. The Kier molecular flexibility index (Phi) is 5.09. The minimum absolute atomic E-state index is 0.162. The van der Waals surface area contributed by atoms with Crippen molar-refractivity contribution in [2.45, 2.75) is 30.2 Å². The van der Waals surface area contributed by atoms with Gasteiger partial charge in [-0.2, -0.15) is 13.2 Å². The number of aromatic nitrogens is 2. The second-order valence-electron chi connectivity index (χ2n) is 5.93. The molecule has 1 unspecified atom stereocenters. The Morgan fingerprint density at radius 2 is 1.96 bits per heavy atom. The van der Waals surface area contributed by atoms with Crippen LogP contribution in [0.3, 0.4) is 0 Å². The van der Waals surface area contributed by atoms with E-state index in [1.165, 1.54) is 11.5 Å². The van der Waals surface area contributed by atoms with Gasteiger partial charge in [-0.3, -0.25) is 4.79 Å². The molecule has 1 N–H and O–H groups in total. The van der Waals surface area contributed by atoms with Gasteiger partial charge < -0.3 is 10.2 Å². The summed E-state index contributed by atoms with van der Waals surface area (Å²) in [4.78, 5) is 21.6. The van der Waals surface area contributed by atoms with Crippen molar-refractivity contribution in [3.8, 4) is 0 Å². The molecule has 130 valence electrons. The summed E-state index contributed by atoms with van der Waals surface area (Å²) in [6, 6.07) is 0.178. The molecule has 0 radical (unpaired) electrons. The SMILES string of the molecule is O=C(/C=C\Sc1ncc(C(F)(F)F)cn1)NC1CN2CCC1CC2. The highest BCUT2D eigenvalue weighted by Crippen LogP contribution is 2.29. The summed E-state index contributed by atoms with van der Waals surface area (Å²) in [7, 11) is 0. The molecule has 0 saturated carbocycles. The number of piperidine rings is 3. The van der Waals surface area contributed by atoms with E-state index in [0.29, 0.717) is 5.92 Å². The zero-order chi connectivity index (χ0) is 17.2. The second kappa shape index (κ2) is 7.10. The van der Waals surface area contributed by atoms with Gasteiger partial charge in [0.1, 0.15) is 0 Å². The number of amides is 1. The molecule has 1 atom stereocenters. The normalized spacial score (nSPS) is 26.7. The molecule has 0 spiro atoms. The van der Waals surface area contributed by atoms with Crippen LogP contribution in [0.4, 0.5) is 13.2 Å². The van der Waals surface area contributed by atoms with Gasteiger partial charge in [0.05, 0.1) is 5.56 Å². The van der Waals surface area contributed by atoms with E-state index in [0.717, 1.165) is 56.6 Å². The molecule has 4 heterocycles. The lowest BCUT2D eigenvalue weighted by molar-refractivity contribution is -0.138. The molecule has 4 rings (SSSR count). The molecular weight excluding hydrogens is 341 g/mol. The lowest BCUT2D eigenvalue weighted by Crippen LogP contribution is -2.57. The summed E-state index contributed by atoms with van der Waals surface area (Å²) < 4.78 is 37.2. The molecule has 9 heteroatoms. The van der Waals surface area contributed by atoms with Gasteiger partial charge in [-0.1, -0.05) is 11.8 Å². The van der Waals surface area contributed by atoms with Crippen molar-refractivity contribution in [2.75, 3.05) is 19.6 Å². The van der Waals surface area contributed by atoms with Crippen LogP contribution in [0.15, 0.2) is 29.0 Å². The maximum atomic E-state index is 12.4. The first-order chi connectivity index (χ1) is 11.4. The van der Waals surface area contributed by atoms with Crippen LogP contribution in [0.1, 0.15) is 18.4 Å². The summed E-state index contributed by atoms with van der Waals surface area (Å²) in [5.41, 5.74) is -0.893. The topological polar surface area (TPSA) is 58.1 Å². The maximum Gasteiger partial charge on any atom is 0.419 e. The molecule has 1 amide bonds. The van der Waals surface area contributed by atoms with Gasteiger partial charge in [0.25, 0.3) is 0 Å². The number of nitrogens with zero attached hydrogens (tertiary/aromatic N) is 3. The molecule has 2 bridgehead atoms. The van der Waals surface area contributed by atoms with Crippen molar-refractivity contribution in [1.29, 1.82) is 0 Å².